The van der Waals surface area contributed by atoms with Gasteiger partial charge in [0.2, 0.25) is 10.2 Å². The number of hydrogen-bond donors (Lipinski definition) is 0. The predicted octanol–water partition coefficient (Wildman–Crippen LogP) is 6.57. The molecular formula is C26H20O4S2. The molecule has 0 amide bonds. The van der Waals surface area contributed by atoms with Crippen LogP contribution in [-0.4, -0.2) is 16.2 Å². The van der Waals surface area contributed by atoms with Gasteiger partial charge in [-0.25, -0.2) is 4.79 Å². The molecule has 6 heteroatoms. The van der Waals surface area contributed by atoms with Crippen LogP contribution in [0.4, 0.5) is 0 Å². The molecule has 0 radical (unpaired) electrons. The highest BCUT2D eigenvalue weighted by molar-refractivity contribution is 8.14. The van der Waals surface area contributed by atoms with Gasteiger partial charge in [0.15, 0.2) is 0 Å². The Labute approximate surface area is 195 Å². The van der Waals surface area contributed by atoms with Crippen LogP contribution in [0.25, 0.3) is 11.1 Å². The van der Waals surface area contributed by atoms with Crippen LogP contribution in [0.1, 0.15) is 17.3 Å². The predicted molar refractivity (Wildman–Crippen MR) is 130 cm³/mol. The van der Waals surface area contributed by atoms with Gasteiger partial charge in [-0.2, -0.15) is 0 Å². The average Bonchev–Trinajstić information content (AvgIpc) is 2.80. The fraction of sp³-hybridized carbons (Fsp3) is 0.0385. The van der Waals surface area contributed by atoms with Gasteiger partial charge in [-0.15, -0.1) is 0 Å². The zero-order chi connectivity index (χ0) is 23.1. The molecule has 0 fully saturated rings. The van der Waals surface area contributed by atoms with Gasteiger partial charge in [0.25, 0.3) is 0 Å². The normalized spacial score (nSPS) is 10.3. The standard InChI is InChI=1S/C26H20O4S2/c1-4-24(27)31-22-15-11-21(12-16-22)30-25(28)20-7-5-18(6-8-20)19-9-13-23(14-10-19)32-26(29)17(2)3/h4-16H,1-2H2,3H3. The summed E-state index contributed by atoms with van der Waals surface area (Å²) in [6.07, 6.45) is 1.25. The molecular weight excluding hydrogens is 440 g/mol. The first-order valence-corrected chi connectivity index (χ1v) is 11.2. The Morgan fingerprint density at radius 3 is 1.81 bits per heavy atom. The van der Waals surface area contributed by atoms with Crippen LogP contribution in [0, 0.1) is 0 Å². The summed E-state index contributed by atoms with van der Waals surface area (Å²) in [5.41, 5.74) is 2.85. The third kappa shape index (κ3) is 6.33. The summed E-state index contributed by atoms with van der Waals surface area (Å²) in [6, 6.07) is 21.4. The summed E-state index contributed by atoms with van der Waals surface area (Å²) >= 11 is 2.20. The second-order valence-electron chi connectivity index (χ2n) is 6.76. The minimum Gasteiger partial charge on any atom is -0.423 e. The van der Waals surface area contributed by atoms with Crippen LogP contribution in [0.5, 0.6) is 5.75 Å². The van der Waals surface area contributed by atoms with Crippen LogP contribution in [0.3, 0.4) is 0 Å². The molecule has 3 aromatic rings. The molecule has 0 saturated carbocycles. The molecule has 0 unspecified atom stereocenters. The highest BCUT2D eigenvalue weighted by Crippen LogP contribution is 2.27. The molecule has 0 aliphatic rings. The lowest BCUT2D eigenvalue weighted by molar-refractivity contribution is -0.108. The van der Waals surface area contributed by atoms with Gasteiger partial charge in [0.05, 0.1) is 5.56 Å². The van der Waals surface area contributed by atoms with Crippen LogP contribution in [-0.2, 0) is 9.59 Å². The molecule has 0 heterocycles. The minimum atomic E-state index is -0.468. The summed E-state index contributed by atoms with van der Waals surface area (Å²) in [5, 5.41) is -0.206. The van der Waals surface area contributed by atoms with E-state index in [-0.39, 0.29) is 10.2 Å². The topological polar surface area (TPSA) is 60.4 Å². The molecule has 0 atom stereocenters. The zero-order valence-corrected chi connectivity index (χ0v) is 19.0. The molecule has 0 aliphatic heterocycles. The van der Waals surface area contributed by atoms with Gasteiger partial charge in [-0.1, -0.05) is 37.4 Å². The molecule has 0 bridgehead atoms. The monoisotopic (exact) mass is 460 g/mol. The van der Waals surface area contributed by atoms with Gasteiger partial charge >= 0.3 is 5.97 Å². The van der Waals surface area contributed by atoms with Crippen molar-refractivity contribution in [3.8, 4) is 16.9 Å². The van der Waals surface area contributed by atoms with Crippen molar-refractivity contribution >= 4 is 39.7 Å². The summed E-state index contributed by atoms with van der Waals surface area (Å²) in [5.74, 6) is -0.0731. The molecule has 0 saturated heterocycles. The van der Waals surface area contributed by atoms with E-state index >= 15 is 0 Å². The maximum Gasteiger partial charge on any atom is 0.343 e. The van der Waals surface area contributed by atoms with Crippen molar-refractivity contribution in [3.63, 3.8) is 0 Å². The van der Waals surface area contributed by atoms with Crippen molar-refractivity contribution in [1.82, 2.24) is 0 Å². The number of carbonyl (C=O) groups excluding carboxylic acids is 3. The van der Waals surface area contributed by atoms with E-state index in [0.717, 1.165) is 44.4 Å². The quantitative estimate of drug-likeness (QED) is 0.172. The smallest absolute Gasteiger partial charge is 0.343 e. The number of esters is 1. The van der Waals surface area contributed by atoms with Gasteiger partial charge in [0, 0.05) is 9.79 Å². The van der Waals surface area contributed by atoms with Crippen molar-refractivity contribution in [1.29, 1.82) is 0 Å². The molecule has 32 heavy (non-hydrogen) atoms. The molecule has 160 valence electrons. The van der Waals surface area contributed by atoms with Gasteiger partial charge in [0.1, 0.15) is 5.75 Å². The lowest BCUT2D eigenvalue weighted by Gasteiger charge is -2.07. The molecule has 0 aliphatic carbocycles. The van der Waals surface area contributed by atoms with Crippen LogP contribution < -0.4 is 4.74 Å². The summed E-state index contributed by atoms with van der Waals surface area (Å²) in [6.45, 7) is 8.79. The molecule has 0 aromatic heterocycles. The van der Waals surface area contributed by atoms with Gasteiger partial charge in [-0.3, -0.25) is 9.59 Å². The van der Waals surface area contributed by atoms with E-state index in [0.29, 0.717) is 16.9 Å². The fourth-order valence-corrected chi connectivity index (χ4v) is 3.86. The van der Waals surface area contributed by atoms with Crippen LogP contribution >= 0.6 is 23.5 Å². The highest BCUT2D eigenvalue weighted by atomic mass is 32.2. The summed E-state index contributed by atoms with van der Waals surface area (Å²) in [7, 11) is 0. The van der Waals surface area contributed by atoms with E-state index in [4.69, 9.17) is 4.74 Å². The first-order chi connectivity index (χ1) is 15.4. The molecule has 3 aromatic carbocycles. The van der Waals surface area contributed by atoms with Crippen LogP contribution in [0.15, 0.2) is 107 Å². The number of carbonyl (C=O) groups is 3. The number of rotatable bonds is 7. The number of benzene rings is 3. The van der Waals surface area contributed by atoms with Crippen molar-refractivity contribution in [3.05, 3.63) is 103 Å². The third-order valence-electron chi connectivity index (χ3n) is 4.29. The van der Waals surface area contributed by atoms with E-state index in [1.807, 2.05) is 36.4 Å². The highest BCUT2D eigenvalue weighted by Gasteiger charge is 2.10. The minimum absolute atomic E-state index is 0.0562. The lowest BCUT2D eigenvalue weighted by Crippen LogP contribution is -2.08. The number of ether oxygens (including phenoxy) is 1. The maximum atomic E-state index is 12.4. The molecule has 3 rings (SSSR count). The SMILES string of the molecule is C=CC(=O)Sc1ccc(OC(=O)c2ccc(-c3ccc(SC(=O)C(=C)C)cc3)cc2)cc1. The first kappa shape index (κ1) is 23.3. The molecule has 0 N–H and O–H groups in total. The Hall–Kier alpha value is -3.35. The van der Waals surface area contributed by atoms with E-state index < -0.39 is 5.97 Å². The van der Waals surface area contributed by atoms with Crippen molar-refractivity contribution in [2.24, 2.45) is 0 Å². The van der Waals surface area contributed by atoms with Crippen LogP contribution in [0.2, 0.25) is 0 Å². The van der Waals surface area contributed by atoms with E-state index in [1.54, 1.807) is 43.3 Å². The molecule has 4 nitrogen and oxygen atoms in total. The Morgan fingerprint density at radius 2 is 1.28 bits per heavy atom. The van der Waals surface area contributed by atoms with Gasteiger partial charge in [-0.05, 0) is 102 Å². The number of thioether (sulfide) groups is 2. The maximum absolute atomic E-state index is 12.4. The second-order valence-corrected chi connectivity index (χ2v) is 8.88. The number of hydrogen-bond acceptors (Lipinski definition) is 6. The zero-order valence-electron chi connectivity index (χ0n) is 17.4. The fourth-order valence-electron chi connectivity index (χ4n) is 2.61. The summed E-state index contributed by atoms with van der Waals surface area (Å²) < 4.78 is 5.41. The Morgan fingerprint density at radius 1 is 0.781 bits per heavy atom. The van der Waals surface area contributed by atoms with Crippen molar-refractivity contribution in [2.45, 2.75) is 16.7 Å². The summed E-state index contributed by atoms with van der Waals surface area (Å²) in [4.78, 5) is 37.2. The third-order valence-corrected chi connectivity index (χ3v) is 6.20. The van der Waals surface area contributed by atoms with Crippen molar-refractivity contribution < 1.29 is 19.1 Å². The molecule has 0 spiro atoms. The van der Waals surface area contributed by atoms with E-state index in [1.165, 1.54) is 6.08 Å². The van der Waals surface area contributed by atoms with E-state index in [2.05, 4.69) is 13.2 Å². The van der Waals surface area contributed by atoms with Gasteiger partial charge < -0.3 is 4.74 Å². The second kappa shape index (κ2) is 10.8. The lowest BCUT2D eigenvalue weighted by atomic mass is 10.0. The first-order valence-electron chi connectivity index (χ1n) is 9.60. The largest absolute Gasteiger partial charge is 0.423 e. The Bertz CT molecular complexity index is 1160. The Kier molecular flexibility index (Phi) is 7.87. The van der Waals surface area contributed by atoms with Crippen molar-refractivity contribution in [2.75, 3.05) is 0 Å². The average molecular weight is 461 g/mol. The van der Waals surface area contributed by atoms with E-state index in [9.17, 15) is 14.4 Å². The Balaban J connectivity index is 1.63.